The molecule has 3 N–H and O–H groups in total. The van der Waals surface area contributed by atoms with E-state index in [0.717, 1.165) is 18.7 Å². The first kappa shape index (κ1) is 12.7. The molecule has 1 unspecified atom stereocenters. The van der Waals surface area contributed by atoms with Crippen molar-refractivity contribution in [3.8, 4) is 0 Å². The van der Waals surface area contributed by atoms with E-state index in [-0.39, 0.29) is 5.91 Å². The number of nitrogens with one attached hydrogen (secondary N) is 1. The number of aryl methyl sites for hydroxylation is 1. The topological polar surface area (TPSA) is 72.9 Å². The maximum Gasteiger partial charge on any atom is 0.225 e. The summed E-state index contributed by atoms with van der Waals surface area (Å²) in [5.41, 5.74) is 5.45. The molecule has 1 heterocycles. The Morgan fingerprint density at radius 3 is 2.94 bits per heavy atom. The van der Waals surface area contributed by atoms with Crippen LogP contribution in [-0.2, 0) is 11.8 Å². The lowest BCUT2D eigenvalue weighted by Crippen LogP contribution is -2.15. The predicted molar refractivity (Wildman–Crippen MR) is 63.9 cm³/mol. The molecule has 1 aromatic heterocycles. The van der Waals surface area contributed by atoms with E-state index in [2.05, 4.69) is 17.3 Å². The summed E-state index contributed by atoms with van der Waals surface area (Å²) in [6.07, 6.45) is 4.04. The minimum atomic E-state index is 0.0347. The number of amides is 1. The number of hydrogen-bond donors (Lipinski definition) is 2. The Hall–Kier alpha value is -1.36. The fourth-order valence-corrected chi connectivity index (χ4v) is 1.51. The van der Waals surface area contributed by atoms with Gasteiger partial charge in [-0.05, 0) is 25.3 Å². The number of nitrogens with zero attached hydrogens (tertiary/aromatic N) is 2. The molecule has 0 bridgehead atoms. The number of rotatable bonds is 6. The van der Waals surface area contributed by atoms with Crippen LogP contribution in [0.2, 0.25) is 0 Å². The molecule has 0 aliphatic rings. The number of aromatic nitrogens is 2. The van der Waals surface area contributed by atoms with Crippen LogP contribution in [0.5, 0.6) is 0 Å². The molecule has 5 heteroatoms. The van der Waals surface area contributed by atoms with Gasteiger partial charge in [0.1, 0.15) is 5.82 Å². The van der Waals surface area contributed by atoms with Crippen LogP contribution < -0.4 is 11.1 Å². The highest BCUT2D eigenvalue weighted by atomic mass is 16.1. The van der Waals surface area contributed by atoms with E-state index in [1.54, 1.807) is 24.0 Å². The third-order valence-electron chi connectivity index (χ3n) is 2.61. The van der Waals surface area contributed by atoms with Crippen molar-refractivity contribution in [2.45, 2.75) is 26.2 Å². The van der Waals surface area contributed by atoms with Crippen molar-refractivity contribution in [3.63, 3.8) is 0 Å². The van der Waals surface area contributed by atoms with Gasteiger partial charge >= 0.3 is 0 Å². The van der Waals surface area contributed by atoms with Crippen molar-refractivity contribution in [3.05, 3.63) is 12.3 Å². The normalized spacial score (nSPS) is 12.4. The molecule has 0 saturated heterocycles. The second kappa shape index (κ2) is 6.27. The second-order valence-corrected chi connectivity index (χ2v) is 4.11. The van der Waals surface area contributed by atoms with E-state index in [1.165, 1.54) is 0 Å². The van der Waals surface area contributed by atoms with Gasteiger partial charge in [-0.2, -0.15) is 5.10 Å². The molecule has 0 radical (unpaired) electrons. The fourth-order valence-electron chi connectivity index (χ4n) is 1.51. The molecular formula is C11H20N4O. The van der Waals surface area contributed by atoms with Gasteiger partial charge in [-0.25, -0.2) is 0 Å². The molecule has 1 aromatic rings. The van der Waals surface area contributed by atoms with Crippen molar-refractivity contribution in [2.75, 3.05) is 11.9 Å². The fraction of sp³-hybridized carbons (Fsp3) is 0.636. The smallest absolute Gasteiger partial charge is 0.225 e. The first-order valence-corrected chi connectivity index (χ1v) is 5.61. The predicted octanol–water partition coefficient (Wildman–Crippen LogP) is 1.12. The van der Waals surface area contributed by atoms with E-state index < -0.39 is 0 Å². The van der Waals surface area contributed by atoms with E-state index >= 15 is 0 Å². The summed E-state index contributed by atoms with van der Waals surface area (Å²) in [7, 11) is 1.80. The summed E-state index contributed by atoms with van der Waals surface area (Å²) in [6.45, 7) is 2.80. The number of anilines is 1. The summed E-state index contributed by atoms with van der Waals surface area (Å²) in [5, 5.41) is 6.80. The average Bonchev–Trinajstić information content (AvgIpc) is 2.62. The van der Waals surface area contributed by atoms with Crippen molar-refractivity contribution in [1.29, 1.82) is 0 Å². The van der Waals surface area contributed by atoms with Crippen LogP contribution in [-0.4, -0.2) is 22.2 Å². The molecule has 1 amide bonds. The second-order valence-electron chi connectivity index (χ2n) is 4.11. The van der Waals surface area contributed by atoms with Crippen LogP contribution >= 0.6 is 0 Å². The van der Waals surface area contributed by atoms with Gasteiger partial charge < -0.3 is 11.1 Å². The highest BCUT2D eigenvalue weighted by molar-refractivity contribution is 5.89. The third-order valence-corrected chi connectivity index (χ3v) is 2.61. The molecule has 0 spiro atoms. The van der Waals surface area contributed by atoms with Crippen LogP contribution in [0.15, 0.2) is 12.3 Å². The van der Waals surface area contributed by atoms with E-state index in [9.17, 15) is 4.79 Å². The zero-order chi connectivity index (χ0) is 12.0. The molecule has 16 heavy (non-hydrogen) atoms. The van der Waals surface area contributed by atoms with Gasteiger partial charge in [0.05, 0.1) is 6.20 Å². The van der Waals surface area contributed by atoms with Crippen molar-refractivity contribution < 1.29 is 4.79 Å². The largest absolute Gasteiger partial charge is 0.330 e. The Labute approximate surface area is 96.0 Å². The standard InChI is InChI=1S/C11H20N4O/c1-9(5-7-12)3-4-11(16)14-10-6-8-13-15(10)2/h6,8-9H,3-5,7,12H2,1-2H3,(H,14,16). The Bertz CT molecular complexity index is 334. The highest BCUT2D eigenvalue weighted by Gasteiger charge is 2.07. The minimum Gasteiger partial charge on any atom is -0.330 e. The van der Waals surface area contributed by atoms with Gasteiger partial charge in [0.15, 0.2) is 0 Å². The third kappa shape index (κ3) is 4.02. The average molecular weight is 224 g/mol. The summed E-state index contributed by atoms with van der Waals surface area (Å²) >= 11 is 0. The number of hydrogen-bond acceptors (Lipinski definition) is 3. The molecule has 0 aliphatic carbocycles. The van der Waals surface area contributed by atoms with Crippen molar-refractivity contribution in [1.82, 2.24) is 9.78 Å². The molecule has 0 saturated carbocycles. The number of carbonyl (C=O) groups is 1. The Kier molecular flexibility index (Phi) is 4.98. The lowest BCUT2D eigenvalue weighted by Gasteiger charge is -2.09. The van der Waals surface area contributed by atoms with Crippen molar-refractivity contribution in [2.24, 2.45) is 18.7 Å². The van der Waals surface area contributed by atoms with Gasteiger partial charge in [-0.3, -0.25) is 9.48 Å². The molecule has 1 rings (SSSR count). The molecule has 90 valence electrons. The van der Waals surface area contributed by atoms with Gasteiger partial charge in [-0.1, -0.05) is 6.92 Å². The lowest BCUT2D eigenvalue weighted by molar-refractivity contribution is -0.116. The monoisotopic (exact) mass is 224 g/mol. The summed E-state index contributed by atoms with van der Waals surface area (Å²) in [5.74, 6) is 1.27. The lowest BCUT2D eigenvalue weighted by atomic mass is 10.0. The highest BCUT2D eigenvalue weighted by Crippen LogP contribution is 2.11. The van der Waals surface area contributed by atoms with Gasteiger partial charge in [0.25, 0.3) is 0 Å². The van der Waals surface area contributed by atoms with Gasteiger partial charge in [-0.15, -0.1) is 0 Å². The van der Waals surface area contributed by atoms with Gasteiger partial charge in [0.2, 0.25) is 5.91 Å². The molecule has 0 fully saturated rings. The first-order chi connectivity index (χ1) is 7.63. The molecule has 5 nitrogen and oxygen atoms in total. The Morgan fingerprint density at radius 1 is 1.62 bits per heavy atom. The molecule has 1 atom stereocenters. The van der Waals surface area contributed by atoms with Gasteiger partial charge in [0, 0.05) is 19.5 Å². The van der Waals surface area contributed by atoms with Crippen LogP contribution in [0, 0.1) is 5.92 Å². The van der Waals surface area contributed by atoms with Crippen LogP contribution in [0.1, 0.15) is 26.2 Å². The number of carbonyl (C=O) groups excluding carboxylic acids is 1. The Morgan fingerprint density at radius 2 is 2.38 bits per heavy atom. The summed E-state index contributed by atoms with van der Waals surface area (Å²) in [6, 6.07) is 1.78. The maximum absolute atomic E-state index is 11.6. The van der Waals surface area contributed by atoms with Crippen LogP contribution in [0.4, 0.5) is 5.82 Å². The molecule has 0 aromatic carbocycles. The summed E-state index contributed by atoms with van der Waals surface area (Å²) < 4.78 is 1.64. The zero-order valence-electron chi connectivity index (χ0n) is 9.94. The molecular weight excluding hydrogens is 204 g/mol. The summed E-state index contributed by atoms with van der Waals surface area (Å²) in [4.78, 5) is 11.6. The molecule has 0 aliphatic heterocycles. The van der Waals surface area contributed by atoms with E-state index in [4.69, 9.17) is 5.73 Å². The quantitative estimate of drug-likeness (QED) is 0.760. The first-order valence-electron chi connectivity index (χ1n) is 5.61. The number of nitrogens with two attached hydrogens (primary N) is 1. The maximum atomic E-state index is 11.6. The minimum absolute atomic E-state index is 0.0347. The van der Waals surface area contributed by atoms with Crippen LogP contribution in [0.25, 0.3) is 0 Å². The Balaban J connectivity index is 2.29. The van der Waals surface area contributed by atoms with Crippen molar-refractivity contribution >= 4 is 11.7 Å². The van der Waals surface area contributed by atoms with E-state index in [0.29, 0.717) is 18.9 Å². The van der Waals surface area contributed by atoms with E-state index in [1.807, 2.05) is 0 Å². The van der Waals surface area contributed by atoms with Crippen LogP contribution in [0.3, 0.4) is 0 Å². The SMILES string of the molecule is CC(CCN)CCC(=O)Nc1ccnn1C. The zero-order valence-corrected chi connectivity index (χ0v) is 9.94.